The zero-order valence-electron chi connectivity index (χ0n) is 11.7. The molecule has 0 radical (unpaired) electrons. The standard InChI is InChI=1S/C12H20N2O5S/c1-8-7-20(18,19)4-3-14(8)12(17)13-5-10(6-13)9(2)11(15)16/h8-10H,3-7H2,1-2H3,(H,15,16). The topological polar surface area (TPSA) is 95.0 Å². The Morgan fingerprint density at radius 2 is 1.90 bits per heavy atom. The minimum atomic E-state index is -3.04. The van der Waals surface area contributed by atoms with Gasteiger partial charge in [-0.15, -0.1) is 0 Å². The third kappa shape index (κ3) is 2.89. The summed E-state index contributed by atoms with van der Waals surface area (Å²) < 4.78 is 23.0. The van der Waals surface area contributed by atoms with Crippen LogP contribution in [0.25, 0.3) is 0 Å². The normalized spacial score (nSPS) is 27.8. The molecular weight excluding hydrogens is 284 g/mol. The molecule has 20 heavy (non-hydrogen) atoms. The second-order valence-corrected chi connectivity index (χ2v) is 7.96. The number of amides is 2. The molecule has 2 atom stereocenters. The van der Waals surface area contributed by atoms with Crippen LogP contribution in [0.1, 0.15) is 13.8 Å². The van der Waals surface area contributed by atoms with Crippen LogP contribution in [0, 0.1) is 11.8 Å². The van der Waals surface area contributed by atoms with Crippen molar-refractivity contribution in [2.75, 3.05) is 31.1 Å². The molecule has 114 valence electrons. The number of urea groups is 1. The van der Waals surface area contributed by atoms with Gasteiger partial charge in [0.2, 0.25) is 0 Å². The van der Waals surface area contributed by atoms with Crippen molar-refractivity contribution in [3.63, 3.8) is 0 Å². The number of nitrogens with zero attached hydrogens (tertiary/aromatic N) is 2. The van der Waals surface area contributed by atoms with Gasteiger partial charge in [0.15, 0.2) is 9.84 Å². The number of sulfone groups is 1. The Morgan fingerprint density at radius 1 is 1.30 bits per heavy atom. The molecule has 0 spiro atoms. The van der Waals surface area contributed by atoms with E-state index in [0.717, 1.165) is 0 Å². The third-order valence-corrected chi connectivity index (χ3v) is 5.99. The average molecular weight is 304 g/mol. The molecule has 2 rings (SSSR count). The number of hydrogen-bond donors (Lipinski definition) is 1. The smallest absolute Gasteiger partial charge is 0.320 e. The minimum Gasteiger partial charge on any atom is -0.481 e. The Kier molecular flexibility index (Phi) is 3.95. The van der Waals surface area contributed by atoms with Gasteiger partial charge >= 0.3 is 12.0 Å². The second-order valence-electron chi connectivity index (χ2n) is 5.73. The Balaban J connectivity index is 1.90. The Morgan fingerprint density at radius 3 is 2.40 bits per heavy atom. The van der Waals surface area contributed by atoms with Crippen LogP contribution in [-0.4, -0.2) is 72.5 Å². The molecule has 2 saturated heterocycles. The van der Waals surface area contributed by atoms with Crippen molar-refractivity contribution in [3.8, 4) is 0 Å². The highest BCUT2D eigenvalue weighted by molar-refractivity contribution is 7.91. The summed E-state index contributed by atoms with van der Waals surface area (Å²) in [4.78, 5) is 26.3. The summed E-state index contributed by atoms with van der Waals surface area (Å²) in [6, 6.07) is -0.501. The van der Waals surface area contributed by atoms with Gasteiger partial charge in [0.05, 0.1) is 17.4 Å². The molecule has 2 heterocycles. The first-order valence-electron chi connectivity index (χ1n) is 6.70. The van der Waals surface area contributed by atoms with Crippen molar-refractivity contribution < 1.29 is 23.1 Å². The molecule has 0 aromatic rings. The van der Waals surface area contributed by atoms with Gasteiger partial charge in [-0.3, -0.25) is 4.79 Å². The summed E-state index contributed by atoms with van der Waals surface area (Å²) in [5.41, 5.74) is 0. The maximum Gasteiger partial charge on any atom is 0.320 e. The van der Waals surface area contributed by atoms with Crippen LogP contribution in [0.2, 0.25) is 0 Å². The lowest BCUT2D eigenvalue weighted by molar-refractivity contribution is -0.145. The largest absolute Gasteiger partial charge is 0.481 e. The minimum absolute atomic E-state index is 0.00153. The van der Waals surface area contributed by atoms with Crippen molar-refractivity contribution >= 4 is 21.8 Å². The fourth-order valence-electron chi connectivity index (χ4n) is 2.65. The average Bonchev–Trinajstić information content (AvgIpc) is 2.24. The van der Waals surface area contributed by atoms with E-state index in [1.54, 1.807) is 23.6 Å². The Bertz CT molecular complexity index is 512. The van der Waals surface area contributed by atoms with E-state index >= 15 is 0 Å². The maximum atomic E-state index is 12.2. The van der Waals surface area contributed by atoms with Gasteiger partial charge in [-0.1, -0.05) is 6.92 Å². The predicted octanol–water partition coefficient (Wildman–Crippen LogP) is -0.122. The number of hydrogen-bond acceptors (Lipinski definition) is 4. The molecule has 8 heteroatoms. The number of likely N-dealkylation sites (tertiary alicyclic amines) is 1. The summed E-state index contributed by atoms with van der Waals surface area (Å²) in [5, 5.41) is 8.91. The predicted molar refractivity (Wildman–Crippen MR) is 72.1 cm³/mol. The first-order chi connectivity index (χ1) is 9.21. The van der Waals surface area contributed by atoms with Crippen LogP contribution in [0.15, 0.2) is 0 Å². The van der Waals surface area contributed by atoms with E-state index in [1.807, 2.05) is 0 Å². The zero-order chi connectivity index (χ0) is 15.1. The number of carbonyl (C=O) groups excluding carboxylic acids is 1. The van der Waals surface area contributed by atoms with E-state index in [2.05, 4.69) is 0 Å². The van der Waals surface area contributed by atoms with Crippen molar-refractivity contribution in [2.45, 2.75) is 19.9 Å². The van der Waals surface area contributed by atoms with Crippen LogP contribution in [0.5, 0.6) is 0 Å². The molecule has 2 fully saturated rings. The molecule has 2 aliphatic heterocycles. The number of carboxylic acid groups (broad SMARTS) is 1. The van der Waals surface area contributed by atoms with Crippen LogP contribution >= 0.6 is 0 Å². The van der Waals surface area contributed by atoms with Crippen molar-refractivity contribution in [1.82, 2.24) is 9.80 Å². The van der Waals surface area contributed by atoms with Crippen molar-refractivity contribution in [2.24, 2.45) is 11.8 Å². The maximum absolute atomic E-state index is 12.2. The van der Waals surface area contributed by atoms with Gasteiger partial charge < -0.3 is 14.9 Å². The number of rotatable bonds is 2. The molecule has 7 nitrogen and oxygen atoms in total. The zero-order valence-corrected chi connectivity index (χ0v) is 12.5. The second kappa shape index (κ2) is 5.23. The Hall–Kier alpha value is -1.31. The number of carbonyl (C=O) groups is 2. The fourth-order valence-corrected chi connectivity index (χ4v) is 4.21. The highest BCUT2D eigenvalue weighted by Gasteiger charge is 2.41. The number of aliphatic carboxylic acids is 1. The summed E-state index contributed by atoms with van der Waals surface area (Å²) in [6.45, 7) is 4.46. The van der Waals surface area contributed by atoms with Gasteiger partial charge in [0, 0.05) is 31.6 Å². The van der Waals surface area contributed by atoms with E-state index in [-0.39, 0.29) is 36.0 Å². The molecular formula is C12H20N2O5S. The SMILES string of the molecule is CC(C(=O)O)C1CN(C(=O)N2CCS(=O)(=O)CC2C)C1. The van der Waals surface area contributed by atoms with Crippen LogP contribution < -0.4 is 0 Å². The van der Waals surface area contributed by atoms with Gasteiger partial charge in [-0.2, -0.15) is 0 Å². The molecule has 0 bridgehead atoms. The molecule has 1 N–H and O–H groups in total. The lowest BCUT2D eigenvalue weighted by Crippen LogP contribution is -2.61. The summed E-state index contributed by atoms with van der Waals surface area (Å²) in [7, 11) is -3.04. The number of carboxylic acids is 1. The van der Waals surface area contributed by atoms with Crippen molar-refractivity contribution in [3.05, 3.63) is 0 Å². The van der Waals surface area contributed by atoms with Crippen LogP contribution in [0.4, 0.5) is 4.79 Å². The van der Waals surface area contributed by atoms with E-state index in [1.165, 1.54) is 0 Å². The first kappa shape index (κ1) is 15.1. The Labute approximate surface area is 118 Å². The fraction of sp³-hybridized carbons (Fsp3) is 0.833. The van der Waals surface area contributed by atoms with Gasteiger partial charge in [0.1, 0.15) is 0 Å². The summed E-state index contributed by atoms with van der Waals surface area (Å²) in [5.74, 6) is -1.31. The van der Waals surface area contributed by atoms with Gasteiger partial charge in [-0.05, 0) is 6.92 Å². The summed E-state index contributed by atoms with van der Waals surface area (Å²) in [6.07, 6.45) is 0. The van der Waals surface area contributed by atoms with Crippen LogP contribution in [0.3, 0.4) is 0 Å². The summed E-state index contributed by atoms with van der Waals surface area (Å²) >= 11 is 0. The molecule has 0 aliphatic carbocycles. The lowest BCUT2D eigenvalue weighted by Gasteiger charge is -2.45. The lowest BCUT2D eigenvalue weighted by atomic mass is 9.87. The van der Waals surface area contributed by atoms with Crippen molar-refractivity contribution in [1.29, 1.82) is 0 Å². The molecule has 2 amide bonds. The molecule has 2 unspecified atom stereocenters. The third-order valence-electron chi connectivity index (χ3n) is 4.19. The van der Waals surface area contributed by atoms with Gasteiger partial charge in [0.25, 0.3) is 0 Å². The molecule has 0 aromatic heterocycles. The molecule has 0 saturated carbocycles. The van der Waals surface area contributed by atoms with E-state index in [9.17, 15) is 18.0 Å². The van der Waals surface area contributed by atoms with E-state index in [0.29, 0.717) is 13.1 Å². The van der Waals surface area contributed by atoms with Crippen LogP contribution in [-0.2, 0) is 14.6 Å². The molecule has 0 aromatic carbocycles. The van der Waals surface area contributed by atoms with Gasteiger partial charge in [-0.25, -0.2) is 13.2 Å². The highest BCUT2D eigenvalue weighted by atomic mass is 32.2. The monoisotopic (exact) mass is 304 g/mol. The van der Waals surface area contributed by atoms with E-state index < -0.39 is 21.7 Å². The quantitative estimate of drug-likeness (QED) is 0.767. The van der Waals surface area contributed by atoms with E-state index in [4.69, 9.17) is 5.11 Å². The highest BCUT2D eigenvalue weighted by Crippen LogP contribution is 2.26. The molecule has 2 aliphatic rings. The first-order valence-corrected chi connectivity index (χ1v) is 8.52.